The summed E-state index contributed by atoms with van der Waals surface area (Å²) in [6, 6.07) is 7.78. The van der Waals surface area contributed by atoms with Gasteiger partial charge in [-0.15, -0.1) is 11.3 Å². The molecule has 0 radical (unpaired) electrons. The second-order valence-corrected chi connectivity index (χ2v) is 5.72. The van der Waals surface area contributed by atoms with E-state index in [4.69, 9.17) is 0 Å². The summed E-state index contributed by atoms with van der Waals surface area (Å²) in [5, 5.41) is 6.40. The Morgan fingerprint density at radius 2 is 2.14 bits per heavy atom. The first-order valence-electron chi connectivity index (χ1n) is 7.21. The molecule has 0 aliphatic carbocycles. The molecule has 112 valence electrons. The number of amides is 1. The maximum absolute atomic E-state index is 12.4. The van der Waals surface area contributed by atoms with Gasteiger partial charge in [0.15, 0.2) is 0 Å². The number of carbonyl (C=O) groups is 1. The molecule has 1 aromatic carbocycles. The zero-order valence-electron chi connectivity index (χ0n) is 12.7. The Bertz CT molecular complexity index is 579. The van der Waals surface area contributed by atoms with Crippen LogP contribution >= 0.6 is 11.3 Å². The second kappa shape index (κ2) is 7.22. The molecular weight excluding hydrogens is 282 g/mol. The molecule has 0 aliphatic heterocycles. The van der Waals surface area contributed by atoms with Gasteiger partial charge in [-0.1, -0.05) is 6.07 Å². The van der Waals surface area contributed by atoms with Crippen LogP contribution in [0.3, 0.4) is 0 Å². The molecule has 0 spiro atoms. The Balaban J connectivity index is 2.12. The van der Waals surface area contributed by atoms with Crippen LogP contribution in [0.1, 0.15) is 42.2 Å². The monoisotopic (exact) mass is 303 g/mol. The molecule has 2 rings (SSSR count). The molecule has 0 bridgehead atoms. The van der Waals surface area contributed by atoms with Gasteiger partial charge in [0.2, 0.25) is 0 Å². The highest BCUT2D eigenvalue weighted by molar-refractivity contribution is 7.09. The van der Waals surface area contributed by atoms with Crippen LogP contribution in [0.4, 0.5) is 5.69 Å². The average Bonchev–Trinajstić information content (AvgIpc) is 3.03. The molecule has 4 nitrogen and oxygen atoms in total. The highest BCUT2D eigenvalue weighted by atomic mass is 32.1. The Kier molecular flexibility index (Phi) is 5.33. The number of nitrogens with one attached hydrogen (secondary N) is 1. The maximum atomic E-state index is 12.4. The Labute approximate surface area is 129 Å². The molecule has 2 aromatic rings. The van der Waals surface area contributed by atoms with Crippen molar-refractivity contribution in [2.75, 3.05) is 18.4 Å². The fourth-order valence-corrected chi connectivity index (χ4v) is 2.84. The summed E-state index contributed by atoms with van der Waals surface area (Å²) in [6.07, 6.45) is 1.80. The van der Waals surface area contributed by atoms with E-state index in [-0.39, 0.29) is 11.9 Å². The van der Waals surface area contributed by atoms with Crippen LogP contribution in [0.5, 0.6) is 0 Å². The molecular formula is C16H21N3OS. The second-order valence-electron chi connectivity index (χ2n) is 4.79. The number of rotatable bonds is 6. The number of anilines is 1. The van der Waals surface area contributed by atoms with Crippen molar-refractivity contribution in [1.82, 2.24) is 9.88 Å². The van der Waals surface area contributed by atoms with Crippen molar-refractivity contribution in [3.8, 4) is 0 Å². The molecule has 1 unspecified atom stereocenters. The van der Waals surface area contributed by atoms with E-state index in [2.05, 4.69) is 17.2 Å². The SMILES string of the molecule is CCN(CC)C(=O)c1cccc(NC(C)c2nccs2)c1. The van der Waals surface area contributed by atoms with Gasteiger partial charge in [-0.3, -0.25) is 4.79 Å². The van der Waals surface area contributed by atoms with Gasteiger partial charge < -0.3 is 10.2 Å². The van der Waals surface area contributed by atoms with E-state index in [0.717, 1.165) is 29.3 Å². The molecule has 21 heavy (non-hydrogen) atoms. The van der Waals surface area contributed by atoms with Gasteiger partial charge in [-0.2, -0.15) is 0 Å². The van der Waals surface area contributed by atoms with Crippen molar-refractivity contribution in [2.45, 2.75) is 26.8 Å². The zero-order chi connectivity index (χ0) is 15.2. The summed E-state index contributed by atoms with van der Waals surface area (Å²) >= 11 is 1.62. The number of carbonyl (C=O) groups excluding carboxylic acids is 1. The molecule has 1 amide bonds. The van der Waals surface area contributed by atoms with E-state index in [1.807, 2.05) is 48.4 Å². The minimum absolute atomic E-state index is 0.0746. The smallest absolute Gasteiger partial charge is 0.253 e. The van der Waals surface area contributed by atoms with Crippen molar-refractivity contribution in [3.05, 3.63) is 46.4 Å². The maximum Gasteiger partial charge on any atom is 0.253 e. The van der Waals surface area contributed by atoms with Crippen LogP contribution in [0.25, 0.3) is 0 Å². The van der Waals surface area contributed by atoms with Crippen molar-refractivity contribution in [1.29, 1.82) is 0 Å². The van der Waals surface area contributed by atoms with Gasteiger partial charge in [0.1, 0.15) is 5.01 Å². The van der Waals surface area contributed by atoms with Crippen LogP contribution in [0.15, 0.2) is 35.8 Å². The molecule has 1 heterocycles. The van der Waals surface area contributed by atoms with Crippen molar-refractivity contribution < 1.29 is 4.79 Å². The van der Waals surface area contributed by atoms with Crippen LogP contribution in [0.2, 0.25) is 0 Å². The highest BCUT2D eigenvalue weighted by Crippen LogP contribution is 2.21. The number of nitrogens with zero attached hydrogens (tertiary/aromatic N) is 2. The van der Waals surface area contributed by atoms with E-state index < -0.39 is 0 Å². The molecule has 0 saturated carbocycles. The summed E-state index contributed by atoms with van der Waals surface area (Å²) in [5.41, 5.74) is 1.66. The Morgan fingerprint density at radius 1 is 1.38 bits per heavy atom. The summed E-state index contributed by atoms with van der Waals surface area (Å²) < 4.78 is 0. The highest BCUT2D eigenvalue weighted by Gasteiger charge is 2.13. The van der Waals surface area contributed by atoms with Gasteiger partial charge >= 0.3 is 0 Å². The van der Waals surface area contributed by atoms with E-state index >= 15 is 0 Å². The lowest BCUT2D eigenvalue weighted by Gasteiger charge is -2.19. The molecule has 5 heteroatoms. The molecule has 0 fully saturated rings. The fourth-order valence-electron chi connectivity index (χ4n) is 2.20. The van der Waals surface area contributed by atoms with Crippen LogP contribution in [-0.2, 0) is 0 Å². The Hall–Kier alpha value is -1.88. The molecule has 0 aliphatic rings. The lowest BCUT2D eigenvalue weighted by Crippen LogP contribution is -2.30. The van der Waals surface area contributed by atoms with Gasteiger partial charge in [0.05, 0.1) is 6.04 Å². The van der Waals surface area contributed by atoms with Crippen molar-refractivity contribution in [3.63, 3.8) is 0 Å². The minimum atomic E-state index is 0.0746. The van der Waals surface area contributed by atoms with E-state index in [1.54, 1.807) is 17.5 Å². The summed E-state index contributed by atoms with van der Waals surface area (Å²) in [5.74, 6) is 0.0746. The van der Waals surface area contributed by atoms with Crippen molar-refractivity contribution >= 4 is 22.9 Å². The number of benzene rings is 1. The van der Waals surface area contributed by atoms with Crippen LogP contribution < -0.4 is 5.32 Å². The summed E-state index contributed by atoms with van der Waals surface area (Å²) in [6.45, 7) is 7.50. The summed E-state index contributed by atoms with van der Waals surface area (Å²) in [7, 11) is 0. The number of hydrogen-bond donors (Lipinski definition) is 1. The Morgan fingerprint density at radius 3 is 2.76 bits per heavy atom. The normalized spacial score (nSPS) is 12.0. The molecule has 1 aromatic heterocycles. The standard InChI is InChI=1S/C16H21N3OS/c1-4-19(5-2)16(20)13-7-6-8-14(11-13)18-12(3)15-17-9-10-21-15/h6-12,18H,4-5H2,1-3H3. The van der Waals surface area contributed by atoms with E-state index in [0.29, 0.717) is 0 Å². The largest absolute Gasteiger partial charge is 0.376 e. The van der Waals surface area contributed by atoms with Crippen LogP contribution in [-0.4, -0.2) is 28.9 Å². The van der Waals surface area contributed by atoms with Gasteiger partial charge in [0, 0.05) is 35.9 Å². The number of hydrogen-bond acceptors (Lipinski definition) is 4. The van der Waals surface area contributed by atoms with E-state index in [9.17, 15) is 4.79 Å². The first-order valence-corrected chi connectivity index (χ1v) is 8.09. The van der Waals surface area contributed by atoms with Crippen LogP contribution in [0, 0.1) is 0 Å². The molecule has 1 N–H and O–H groups in total. The predicted molar refractivity (Wildman–Crippen MR) is 87.8 cm³/mol. The number of aromatic nitrogens is 1. The first kappa shape index (κ1) is 15.5. The van der Waals surface area contributed by atoms with Crippen molar-refractivity contribution in [2.24, 2.45) is 0 Å². The lowest BCUT2D eigenvalue weighted by molar-refractivity contribution is 0.0773. The fraction of sp³-hybridized carbons (Fsp3) is 0.375. The van der Waals surface area contributed by atoms with E-state index in [1.165, 1.54) is 0 Å². The third-order valence-electron chi connectivity index (χ3n) is 3.37. The van der Waals surface area contributed by atoms with Gasteiger partial charge in [0.25, 0.3) is 5.91 Å². The number of thiazole rings is 1. The average molecular weight is 303 g/mol. The minimum Gasteiger partial charge on any atom is -0.376 e. The van der Waals surface area contributed by atoms with Gasteiger partial charge in [-0.05, 0) is 39.0 Å². The summed E-state index contributed by atoms with van der Waals surface area (Å²) in [4.78, 5) is 18.5. The first-order chi connectivity index (χ1) is 10.2. The molecule has 1 atom stereocenters. The molecule has 0 saturated heterocycles. The third kappa shape index (κ3) is 3.82. The quantitative estimate of drug-likeness (QED) is 0.883. The third-order valence-corrected chi connectivity index (χ3v) is 4.32. The van der Waals surface area contributed by atoms with Gasteiger partial charge in [-0.25, -0.2) is 4.98 Å². The lowest BCUT2D eigenvalue weighted by atomic mass is 10.1. The predicted octanol–water partition coefficient (Wildman–Crippen LogP) is 3.80. The topological polar surface area (TPSA) is 45.2 Å². The zero-order valence-corrected chi connectivity index (χ0v) is 13.5.